The van der Waals surface area contributed by atoms with Crippen LogP contribution in [0.5, 0.6) is 0 Å². The molecule has 8 heteroatoms. The predicted octanol–water partition coefficient (Wildman–Crippen LogP) is 3.92. The summed E-state index contributed by atoms with van der Waals surface area (Å²) < 4.78 is 18.5. The molecule has 0 bridgehead atoms. The number of nitrogens with zero attached hydrogens (tertiary/aromatic N) is 2. The average molecular weight is 440 g/mol. The molecule has 1 saturated heterocycles. The van der Waals surface area contributed by atoms with Gasteiger partial charge in [-0.15, -0.1) is 0 Å². The van der Waals surface area contributed by atoms with Crippen LogP contribution in [0.1, 0.15) is 28.5 Å². The first-order valence-corrected chi connectivity index (χ1v) is 11.3. The number of carbonyl (C=O) groups is 2. The van der Waals surface area contributed by atoms with Gasteiger partial charge in [0.05, 0.1) is 6.04 Å². The molecular weight excluding hydrogens is 417 g/mol. The lowest BCUT2D eigenvalue weighted by Crippen LogP contribution is -2.58. The average Bonchev–Trinajstić information content (AvgIpc) is 3.29. The molecule has 0 aliphatic carbocycles. The molecule has 0 spiro atoms. The second-order valence-electron chi connectivity index (χ2n) is 7.31. The van der Waals surface area contributed by atoms with E-state index in [4.69, 9.17) is 4.52 Å². The third-order valence-electron chi connectivity index (χ3n) is 5.29. The molecule has 0 radical (unpaired) electrons. The molecule has 1 aliphatic rings. The number of hydrogen-bond acceptors (Lipinski definition) is 5. The lowest BCUT2D eigenvalue weighted by molar-refractivity contribution is -0.129. The summed E-state index contributed by atoms with van der Waals surface area (Å²) in [6.45, 7) is 0.340. The van der Waals surface area contributed by atoms with Gasteiger partial charge in [-0.25, -0.2) is 4.39 Å². The van der Waals surface area contributed by atoms with Crippen LogP contribution in [0.2, 0.25) is 0 Å². The summed E-state index contributed by atoms with van der Waals surface area (Å²) in [5, 5.41) is 6.97. The Labute approximate surface area is 183 Å². The number of rotatable bonds is 6. The zero-order chi connectivity index (χ0) is 21.8. The number of amides is 2. The summed E-state index contributed by atoms with van der Waals surface area (Å²) in [6, 6.07) is 16.0. The minimum Gasteiger partial charge on any atom is -0.355 e. The van der Waals surface area contributed by atoms with E-state index in [-0.39, 0.29) is 29.4 Å². The van der Waals surface area contributed by atoms with Crippen molar-refractivity contribution in [2.75, 3.05) is 18.6 Å². The Morgan fingerprint density at radius 1 is 1.23 bits per heavy atom. The zero-order valence-corrected chi connectivity index (χ0v) is 17.8. The minimum atomic E-state index is -0.578. The molecule has 1 aromatic heterocycles. The maximum atomic E-state index is 13.4. The lowest BCUT2D eigenvalue weighted by Gasteiger charge is -2.39. The first-order chi connectivity index (χ1) is 15.1. The van der Waals surface area contributed by atoms with Crippen molar-refractivity contribution in [3.05, 3.63) is 77.7 Å². The molecule has 160 valence electrons. The van der Waals surface area contributed by atoms with E-state index in [9.17, 15) is 14.0 Å². The van der Waals surface area contributed by atoms with E-state index in [0.29, 0.717) is 24.3 Å². The van der Waals surface area contributed by atoms with Crippen LogP contribution in [0.15, 0.2) is 65.2 Å². The fourth-order valence-corrected chi connectivity index (χ4v) is 4.13. The van der Waals surface area contributed by atoms with Gasteiger partial charge in [-0.2, -0.15) is 11.8 Å². The number of benzene rings is 2. The molecule has 1 fully saturated rings. The Bertz CT molecular complexity index is 1060. The summed E-state index contributed by atoms with van der Waals surface area (Å²) >= 11 is 1.62. The van der Waals surface area contributed by atoms with Gasteiger partial charge in [0, 0.05) is 18.2 Å². The van der Waals surface area contributed by atoms with Crippen molar-refractivity contribution < 1.29 is 18.5 Å². The lowest BCUT2D eigenvalue weighted by atomic mass is 9.99. The standard InChI is InChI=1S/C23H22FN3O3S/c1-31-12-11-20-22(28)25-19(15-5-3-2-4-6-15)14-27(20)23(29)18-13-21(30-26-18)16-7-9-17(24)10-8-16/h2-10,13,19-20H,11-12,14H2,1H3,(H,25,28). The van der Waals surface area contributed by atoms with Crippen molar-refractivity contribution in [2.45, 2.75) is 18.5 Å². The number of hydrogen-bond donors (Lipinski definition) is 1. The zero-order valence-electron chi connectivity index (χ0n) is 17.0. The number of nitrogens with one attached hydrogen (secondary N) is 1. The second kappa shape index (κ2) is 9.34. The first-order valence-electron chi connectivity index (χ1n) is 9.94. The number of carbonyl (C=O) groups excluding carboxylic acids is 2. The Morgan fingerprint density at radius 3 is 2.68 bits per heavy atom. The van der Waals surface area contributed by atoms with Crippen LogP contribution in [0.4, 0.5) is 4.39 Å². The Hall–Kier alpha value is -3.13. The van der Waals surface area contributed by atoms with Gasteiger partial charge in [-0.05, 0) is 48.3 Å². The van der Waals surface area contributed by atoms with Gasteiger partial charge in [-0.3, -0.25) is 9.59 Å². The fourth-order valence-electron chi connectivity index (χ4n) is 3.67. The highest BCUT2D eigenvalue weighted by molar-refractivity contribution is 7.98. The predicted molar refractivity (Wildman–Crippen MR) is 117 cm³/mol. The van der Waals surface area contributed by atoms with Gasteiger partial charge in [0.25, 0.3) is 5.91 Å². The van der Waals surface area contributed by atoms with E-state index >= 15 is 0 Å². The highest BCUT2D eigenvalue weighted by atomic mass is 32.2. The quantitative estimate of drug-likeness (QED) is 0.630. The van der Waals surface area contributed by atoms with E-state index in [1.807, 2.05) is 36.6 Å². The second-order valence-corrected chi connectivity index (χ2v) is 8.30. The molecule has 6 nitrogen and oxygen atoms in total. The molecule has 2 aromatic carbocycles. The molecular formula is C23H22FN3O3S. The van der Waals surface area contributed by atoms with Crippen molar-refractivity contribution in [1.29, 1.82) is 0 Å². The van der Waals surface area contributed by atoms with E-state index in [1.54, 1.807) is 28.8 Å². The molecule has 2 heterocycles. The number of piperazine rings is 1. The fraction of sp³-hybridized carbons (Fsp3) is 0.261. The van der Waals surface area contributed by atoms with E-state index < -0.39 is 6.04 Å². The van der Waals surface area contributed by atoms with Gasteiger partial charge in [0.15, 0.2) is 11.5 Å². The summed E-state index contributed by atoms with van der Waals surface area (Å²) in [4.78, 5) is 27.8. The SMILES string of the molecule is CSCCC1C(=O)NC(c2ccccc2)CN1C(=O)c1cc(-c2ccc(F)cc2)on1. The van der Waals surface area contributed by atoms with E-state index in [1.165, 1.54) is 18.2 Å². The van der Waals surface area contributed by atoms with Crippen molar-refractivity contribution in [1.82, 2.24) is 15.4 Å². The summed E-state index contributed by atoms with van der Waals surface area (Å²) in [5.41, 5.74) is 1.67. The summed E-state index contributed by atoms with van der Waals surface area (Å²) in [5.74, 6) is 0.216. The Balaban J connectivity index is 1.60. The third kappa shape index (κ3) is 4.64. The largest absolute Gasteiger partial charge is 0.355 e. The summed E-state index contributed by atoms with van der Waals surface area (Å²) in [6.07, 6.45) is 2.51. The molecule has 31 heavy (non-hydrogen) atoms. The molecule has 2 unspecified atom stereocenters. The van der Waals surface area contributed by atoms with Crippen LogP contribution in [-0.4, -0.2) is 46.5 Å². The van der Waals surface area contributed by atoms with Gasteiger partial charge in [0.1, 0.15) is 11.9 Å². The van der Waals surface area contributed by atoms with Crippen LogP contribution in [0, 0.1) is 5.82 Å². The van der Waals surface area contributed by atoms with Crippen LogP contribution in [0.3, 0.4) is 0 Å². The van der Waals surface area contributed by atoms with E-state index in [0.717, 1.165) is 11.3 Å². The summed E-state index contributed by atoms with van der Waals surface area (Å²) in [7, 11) is 0. The number of thioether (sulfide) groups is 1. The minimum absolute atomic E-state index is 0.120. The first kappa shape index (κ1) is 21.1. The smallest absolute Gasteiger partial charge is 0.276 e. The molecule has 4 rings (SSSR count). The van der Waals surface area contributed by atoms with Crippen LogP contribution < -0.4 is 5.32 Å². The topological polar surface area (TPSA) is 75.4 Å². The van der Waals surface area contributed by atoms with Crippen LogP contribution in [0.25, 0.3) is 11.3 Å². The van der Waals surface area contributed by atoms with Gasteiger partial charge in [0.2, 0.25) is 5.91 Å². The highest BCUT2D eigenvalue weighted by Crippen LogP contribution is 2.26. The van der Waals surface area contributed by atoms with Gasteiger partial charge < -0.3 is 14.7 Å². The monoisotopic (exact) mass is 439 g/mol. The number of aromatic nitrogens is 1. The number of halogens is 1. The maximum Gasteiger partial charge on any atom is 0.276 e. The maximum absolute atomic E-state index is 13.4. The van der Waals surface area contributed by atoms with Gasteiger partial charge >= 0.3 is 0 Å². The Kier molecular flexibility index (Phi) is 6.36. The van der Waals surface area contributed by atoms with Crippen molar-refractivity contribution >= 4 is 23.6 Å². The molecule has 0 saturated carbocycles. The molecule has 3 aromatic rings. The normalized spacial score (nSPS) is 18.6. The van der Waals surface area contributed by atoms with Gasteiger partial charge in [-0.1, -0.05) is 35.5 Å². The molecule has 2 atom stereocenters. The van der Waals surface area contributed by atoms with Crippen LogP contribution in [-0.2, 0) is 4.79 Å². The molecule has 2 amide bonds. The molecule has 1 N–H and O–H groups in total. The van der Waals surface area contributed by atoms with Crippen LogP contribution >= 0.6 is 11.8 Å². The Morgan fingerprint density at radius 2 is 1.97 bits per heavy atom. The third-order valence-corrected chi connectivity index (χ3v) is 5.93. The van der Waals surface area contributed by atoms with Crippen molar-refractivity contribution in [2.24, 2.45) is 0 Å². The molecule has 1 aliphatic heterocycles. The van der Waals surface area contributed by atoms with E-state index in [2.05, 4.69) is 10.5 Å². The van der Waals surface area contributed by atoms with Crippen molar-refractivity contribution in [3.63, 3.8) is 0 Å². The van der Waals surface area contributed by atoms with Crippen molar-refractivity contribution in [3.8, 4) is 11.3 Å². The highest BCUT2D eigenvalue weighted by Gasteiger charge is 2.38.